The van der Waals surface area contributed by atoms with Crippen LogP contribution in [0.3, 0.4) is 0 Å². The fraction of sp³-hybridized carbons (Fsp3) is 0.680. The lowest BCUT2D eigenvalue weighted by molar-refractivity contribution is -0.121. The maximum absolute atomic E-state index is 10.9. The number of aromatic amines is 1. The fourth-order valence-electron chi connectivity index (χ4n) is 3.77. The van der Waals surface area contributed by atoms with Crippen molar-refractivity contribution >= 4 is 22.9 Å². The molecule has 8 heteroatoms. The Morgan fingerprint density at radius 2 is 1.39 bits per heavy atom. The fourth-order valence-corrected chi connectivity index (χ4v) is 3.77. The van der Waals surface area contributed by atoms with Crippen LogP contribution >= 0.6 is 0 Å². The number of nitrogens with two attached hydrogens (primary N) is 1. The molecular formula is C25H43N5O3. The van der Waals surface area contributed by atoms with Crippen LogP contribution in [-0.4, -0.2) is 32.4 Å². The summed E-state index contributed by atoms with van der Waals surface area (Å²) in [7, 11) is 0. The molecule has 1 aromatic carbocycles. The van der Waals surface area contributed by atoms with E-state index >= 15 is 0 Å². The molecule has 8 nitrogen and oxygen atoms in total. The number of H-pyrrole nitrogens is 1. The van der Waals surface area contributed by atoms with Crippen molar-refractivity contribution in [1.82, 2.24) is 20.8 Å². The number of rotatable bonds is 17. The highest BCUT2D eigenvalue weighted by Gasteiger charge is 2.09. The number of carbonyl (C=O) groups excluding carboxylic acids is 1. The summed E-state index contributed by atoms with van der Waals surface area (Å²) in [6.45, 7) is 2.27. The summed E-state index contributed by atoms with van der Waals surface area (Å²) in [6, 6.07) is 4.86. The van der Waals surface area contributed by atoms with E-state index in [9.17, 15) is 9.59 Å². The molecule has 2 rings (SSSR count). The topological polar surface area (TPSA) is 134 Å². The summed E-state index contributed by atoms with van der Waals surface area (Å²) in [6.07, 6.45) is 20.8. The minimum absolute atomic E-state index is 0.0373. The van der Waals surface area contributed by atoms with Gasteiger partial charge in [0.25, 0.3) is 0 Å². The first-order valence-corrected chi connectivity index (χ1v) is 12.6. The third-order valence-corrected chi connectivity index (χ3v) is 5.76. The summed E-state index contributed by atoms with van der Waals surface area (Å²) in [5, 5.41) is 18.5. The second-order valence-electron chi connectivity index (χ2n) is 8.59. The molecule has 0 saturated heterocycles. The Morgan fingerprint density at radius 1 is 0.879 bits per heavy atom. The molecule has 0 radical (unpaired) electrons. The molecule has 0 aliphatic rings. The van der Waals surface area contributed by atoms with Crippen molar-refractivity contribution in [1.29, 1.82) is 0 Å². The van der Waals surface area contributed by atoms with Crippen molar-refractivity contribution in [2.24, 2.45) is 5.84 Å². The summed E-state index contributed by atoms with van der Waals surface area (Å²) in [4.78, 5) is 21.5. The molecule has 0 saturated carbocycles. The van der Waals surface area contributed by atoms with Crippen molar-refractivity contribution in [3.05, 3.63) is 23.8 Å². The van der Waals surface area contributed by atoms with Crippen LogP contribution in [0.1, 0.15) is 120 Å². The summed E-state index contributed by atoms with van der Waals surface area (Å²) in [5.41, 5.74) is 3.37. The number of amides is 1. The standard InChI is InChI=1S/C18H38N2O.C7H5N3O2/c1-2-3-4-5-6-7-8-9-10-11-12-13-14-15-16-17-18(21)20-19;11-7(12)4-2-1-3-5-6(4)9-10-8-5/h2-17,19H2,1H3,(H,20,21);1-3H,(H,11,12)(H,8,9,10). The van der Waals surface area contributed by atoms with E-state index in [0.717, 1.165) is 12.8 Å². The quantitative estimate of drug-likeness (QED) is 0.100. The minimum atomic E-state index is -0.991. The van der Waals surface area contributed by atoms with Crippen LogP contribution in [0.5, 0.6) is 0 Å². The third kappa shape index (κ3) is 13.6. The zero-order chi connectivity index (χ0) is 24.2. The predicted octanol–water partition coefficient (Wildman–Crippen LogP) is 5.89. The molecule has 0 fully saturated rings. The number of carboxylic acids is 1. The van der Waals surface area contributed by atoms with Gasteiger partial charge < -0.3 is 5.11 Å². The van der Waals surface area contributed by atoms with Crippen LogP contribution in [0.25, 0.3) is 11.0 Å². The van der Waals surface area contributed by atoms with Gasteiger partial charge in [0.15, 0.2) is 0 Å². The lowest BCUT2D eigenvalue weighted by Crippen LogP contribution is -2.29. The molecule has 0 spiro atoms. The number of hydrogen-bond donors (Lipinski definition) is 4. The maximum atomic E-state index is 10.9. The lowest BCUT2D eigenvalue weighted by atomic mass is 10.0. The predicted molar refractivity (Wildman–Crippen MR) is 133 cm³/mol. The van der Waals surface area contributed by atoms with Crippen molar-refractivity contribution in [2.45, 2.75) is 110 Å². The Kier molecular flexibility index (Phi) is 16.5. The highest BCUT2D eigenvalue weighted by molar-refractivity contribution is 6.00. The lowest BCUT2D eigenvalue weighted by Gasteiger charge is -2.03. The molecule has 1 amide bonds. The van der Waals surface area contributed by atoms with Gasteiger partial charge in [-0.25, -0.2) is 10.6 Å². The number of hydrogen-bond acceptors (Lipinski definition) is 5. The molecule has 0 aliphatic heterocycles. The van der Waals surface area contributed by atoms with E-state index in [1.807, 2.05) is 0 Å². The zero-order valence-corrected chi connectivity index (χ0v) is 20.3. The highest BCUT2D eigenvalue weighted by Crippen LogP contribution is 2.14. The van der Waals surface area contributed by atoms with Gasteiger partial charge in [0.1, 0.15) is 5.52 Å². The van der Waals surface area contributed by atoms with E-state index in [1.54, 1.807) is 12.1 Å². The van der Waals surface area contributed by atoms with Crippen LogP contribution in [0.15, 0.2) is 18.2 Å². The number of aromatic carboxylic acids is 1. The first-order valence-electron chi connectivity index (χ1n) is 12.6. The summed E-state index contributed by atoms with van der Waals surface area (Å²) < 4.78 is 0. The Hall–Kier alpha value is -2.48. The first kappa shape index (κ1) is 28.6. The SMILES string of the molecule is CCCCCCCCCCCCCCCCCC(=O)NN.O=C(O)c1cccc2[nH]nnc12. The van der Waals surface area contributed by atoms with E-state index in [-0.39, 0.29) is 11.5 Å². The minimum Gasteiger partial charge on any atom is -0.478 e. The first-order chi connectivity index (χ1) is 16.1. The van der Waals surface area contributed by atoms with Crippen LogP contribution in [0.2, 0.25) is 0 Å². The molecule has 1 heterocycles. The Balaban J connectivity index is 0.000000377. The number of carboxylic acid groups (broad SMARTS) is 1. The van der Waals surface area contributed by atoms with E-state index in [2.05, 4.69) is 27.8 Å². The molecule has 2 aromatic rings. The maximum Gasteiger partial charge on any atom is 0.338 e. The van der Waals surface area contributed by atoms with Gasteiger partial charge in [0.05, 0.1) is 11.1 Å². The monoisotopic (exact) mass is 461 g/mol. The van der Waals surface area contributed by atoms with E-state index < -0.39 is 5.97 Å². The van der Waals surface area contributed by atoms with Gasteiger partial charge in [0, 0.05) is 6.42 Å². The normalized spacial score (nSPS) is 10.6. The number of hydrazine groups is 1. The van der Waals surface area contributed by atoms with Crippen LogP contribution in [0, 0.1) is 0 Å². The number of carbonyl (C=O) groups is 2. The van der Waals surface area contributed by atoms with Crippen molar-refractivity contribution < 1.29 is 14.7 Å². The molecule has 0 unspecified atom stereocenters. The van der Waals surface area contributed by atoms with Crippen molar-refractivity contribution in [3.8, 4) is 0 Å². The Labute approximate surface area is 198 Å². The van der Waals surface area contributed by atoms with Crippen LogP contribution in [0.4, 0.5) is 0 Å². The molecule has 0 atom stereocenters. The molecule has 186 valence electrons. The van der Waals surface area contributed by atoms with Gasteiger partial charge in [-0.3, -0.25) is 15.3 Å². The van der Waals surface area contributed by atoms with Gasteiger partial charge in [0.2, 0.25) is 5.91 Å². The zero-order valence-electron chi connectivity index (χ0n) is 20.3. The second-order valence-corrected chi connectivity index (χ2v) is 8.59. The third-order valence-electron chi connectivity index (χ3n) is 5.76. The number of nitrogens with zero attached hydrogens (tertiary/aromatic N) is 2. The summed E-state index contributed by atoms with van der Waals surface area (Å²) >= 11 is 0. The number of nitrogens with one attached hydrogen (secondary N) is 2. The van der Waals surface area contributed by atoms with Crippen molar-refractivity contribution in [3.63, 3.8) is 0 Å². The van der Waals surface area contributed by atoms with Gasteiger partial charge >= 0.3 is 5.97 Å². The molecule has 0 aliphatic carbocycles. The van der Waals surface area contributed by atoms with Gasteiger partial charge in [-0.15, -0.1) is 5.10 Å². The van der Waals surface area contributed by atoms with Crippen molar-refractivity contribution in [2.75, 3.05) is 0 Å². The van der Waals surface area contributed by atoms with Gasteiger partial charge in [-0.1, -0.05) is 108 Å². The van der Waals surface area contributed by atoms with E-state index in [0.29, 0.717) is 17.5 Å². The molecule has 5 N–H and O–H groups in total. The molecule has 0 bridgehead atoms. The van der Waals surface area contributed by atoms with Gasteiger partial charge in [-0.2, -0.15) is 0 Å². The number of unbranched alkanes of at least 4 members (excludes halogenated alkanes) is 14. The van der Waals surface area contributed by atoms with Crippen LogP contribution < -0.4 is 11.3 Å². The number of fused-ring (bicyclic) bond motifs is 1. The smallest absolute Gasteiger partial charge is 0.338 e. The molecular weight excluding hydrogens is 418 g/mol. The Bertz CT molecular complexity index is 778. The van der Waals surface area contributed by atoms with E-state index in [4.69, 9.17) is 10.9 Å². The second kappa shape index (κ2) is 19.0. The average molecular weight is 462 g/mol. The van der Waals surface area contributed by atoms with E-state index in [1.165, 1.54) is 89.5 Å². The average Bonchev–Trinajstić information content (AvgIpc) is 3.30. The number of benzene rings is 1. The number of aromatic nitrogens is 3. The van der Waals surface area contributed by atoms with Gasteiger partial charge in [-0.05, 0) is 18.6 Å². The molecule has 1 aromatic heterocycles. The summed E-state index contributed by atoms with van der Waals surface area (Å²) in [5.74, 6) is 4.00. The highest BCUT2D eigenvalue weighted by atomic mass is 16.4. The Morgan fingerprint density at radius 3 is 1.88 bits per heavy atom. The van der Waals surface area contributed by atoms with Crippen LogP contribution in [-0.2, 0) is 4.79 Å². The molecule has 33 heavy (non-hydrogen) atoms. The largest absolute Gasteiger partial charge is 0.478 e.